The van der Waals surface area contributed by atoms with Crippen molar-refractivity contribution in [2.45, 2.75) is 45.8 Å². The minimum atomic E-state index is -0.467. The maximum absolute atomic E-state index is 9.75. The van der Waals surface area contributed by atoms with Gasteiger partial charge in [-0.3, -0.25) is 4.90 Å². The predicted molar refractivity (Wildman–Crippen MR) is 65.5 cm³/mol. The van der Waals surface area contributed by atoms with E-state index in [1.807, 2.05) is 4.90 Å². The van der Waals surface area contributed by atoms with Crippen LogP contribution in [0.4, 0.5) is 0 Å². The van der Waals surface area contributed by atoms with Crippen LogP contribution in [0.5, 0.6) is 0 Å². The highest BCUT2D eigenvalue weighted by molar-refractivity contribution is 4.67. The molecular formula is C12H27NO3. The number of hydrogen-bond donors (Lipinski definition) is 2. The zero-order valence-electron chi connectivity index (χ0n) is 10.9. The lowest BCUT2D eigenvalue weighted by molar-refractivity contribution is 0.00734. The summed E-state index contributed by atoms with van der Waals surface area (Å²) < 4.78 is 5.36. The molecule has 98 valence electrons. The highest BCUT2D eigenvalue weighted by atomic mass is 16.5. The van der Waals surface area contributed by atoms with Crippen LogP contribution < -0.4 is 0 Å². The Kier molecular flexibility index (Phi) is 9.92. The SMILES string of the molecule is CCCCOCC(O)CN(CCO)C(C)C. The van der Waals surface area contributed by atoms with Gasteiger partial charge in [-0.05, 0) is 20.3 Å². The Morgan fingerprint density at radius 3 is 2.50 bits per heavy atom. The molecule has 2 N–H and O–H groups in total. The lowest BCUT2D eigenvalue weighted by Gasteiger charge is -2.27. The lowest BCUT2D eigenvalue weighted by atomic mass is 10.2. The molecule has 0 saturated heterocycles. The maximum Gasteiger partial charge on any atom is 0.0900 e. The molecule has 0 aromatic carbocycles. The fourth-order valence-corrected chi connectivity index (χ4v) is 1.48. The molecule has 16 heavy (non-hydrogen) atoms. The molecule has 4 heteroatoms. The molecule has 0 aliphatic rings. The smallest absolute Gasteiger partial charge is 0.0900 e. The number of ether oxygens (including phenoxy) is 1. The lowest BCUT2D eigenvalue weighted by Crippen LogP contribution is -2.40. The number of nitrogens with zero attached hydrogens (tertiary/aromatic N) is 1. The van der Waals surface area contributed by atoms with Gasteiger partial charge in [0.1, 0.15) is 0 Å². The highest BCUT2D eigenvalue weighted by Crippen LogP contribution is 2.00. The van der Waals surface area contributed by atoms with Gasteiger partial charge in [-0.2, -0.15) is 0 Å². The summed E-state index contributed by atoms with van der Waals surface area (Å²) in [4.78, 5) is 2.05. The molecule has 1 unspecified atom stereocenters. The van der Waals surface area contributed by atoms with E-state index in [9.17, 15) is 5.11 Å². The first kappa shape index (κ1) is 15.8. The topological polar surface area (TPSA) is 52.9 Å². The van der Waals surface area contributed by atoms with Crippen molar-refractivity contribution in [3.63, 3.8) is 0 Å². The van der Waals surface area contributed by atoms with Crippen molar-refractivity contribution in [1.29, 1.82) is 0 Å². The molecular weight excluding hydrogens is 206 g/mol. The molecule has 0 aromatic rings. The van der Waals surface area contributed by atoms with Crippen LogP contribution in [-0.4, -0.2) is 60.2 Å². The van der Waals surface area contributed by atoms with Crippen LogP contribution in [0.1, 0.15) is 33.6 Å². The van der Waals surface area contributed by atoms with E-state index < -0.39 is 6.10 Å². The molecule has 1 atom stereocenters. The third-order valence-corrected chi connectivity index (χ3v) is 2.52. The van der Waals surface area contributed by atoms with Crippen LogP contribution in [0.2, 0.25) is 0 Å². The molecule has 0 heterocycles. The zero-order valence-corrected chi connectivity index (χ0v) is 10.9. The van der Waals surface area contributed by atoms with Gasteiger partial charge in [0, 0.05) is 25.7 Å². The van der Waals surface area contributed by atoms with Crippen LogP contribution in [-0.2, 0) is 4.74 Å². The van der Waals surface area contributed by atoms with Gasteiger partial charge in [0.2, 0.25) is 0 Å². The third kappa shape index (κ3) is 8.05. The Balaban J connectivity index is 3.68. The molecule has 0 saturated carbocycles. The molecule has 0 aliphatic carbocycles. The fraction of sp³-hybridized carbons (Fsp3) is 1.00. The van der Waals surface area contributed by atoms with Crippen LogP contribution >= 0.6 is 0 Å². The Morgan fingerprint density at radius 2 is 2.00 bits per heavy atom. The largest absolute Gasteiger partial charge is 0.395 e. The van der Waals surface area contributed by atoms with Gasteiger partial charge in [-0.1, -0.05) is 13.3 Å². The molecule has 0 aromatic heterocycles. The number of aliphatic hydroxyl groups excluding tert-OH is 2. The summed E-state index contributed by atoms with van der Waals surface area (Å²) in [6.45, 7) is 8.61. The van der Waals surface area contributed by atoms with Crippen molar-refractivity contribution in [3.05, 3.63) is 0 Å². The summed E-state index contributed by atoms with van der Waals surface area (Å²) >= 11 is 0. The zero-order chi connectivity index (χ0) is 12.4. The third-order valence-electron chi connectivity index (χ3n) is 2.52. The monoisotopic (exact) mass is 233 g/mol. The number of aliphatic hydroxyl groups is 2. The van der Waals surface area contributed by atoms with E-state index in [-0.39, 0.29) is 6.61 Å². The van der Waals surface area contributed by atoms with Crippen molar-refractivity contribution >= 4 is 0 Å². The Bertz CT molecular complexity index is 153. The quantitative estimate of drug-likeness (QED) is 0.550. The van der Waals surface area contributed by atoms with Crippen molar-refractivity contribution in [2.75, 3.05) is 32.9 Å². The second kappa shape index (κ2) is 10.0. The standard InChI is InChI=1S/C12H27NO3/c1-4-5-8-16-10-12(15)9-13(6-7-14)11(2)3/h11-12,14-15H,4-10H2,1-3H3. The summed E-state index contributed by atoms with van der Waals surface area (Å²) in [7, 11) is 0. The van der Waals surface area contributed by atoms with Gasteiger partial charge in [0.05, 0.1) is 19.3 Å². The summed E-state index contributed by atoms with van der Waals surface area (Å²) in [5.74, 6) is 0. The minimum Gasteiger partial charge on any atom is -0.395 e. The number of hydrogen-bond acceptors (Lipinski definition) is 4. The molecule has 0 fully saturated rings. The molecule has 0 spiro atoms. The molecule has 0 aliphatic heterocycles. The van der Waals surface area contributed by atoms with E-state index in [2.05, 4.69) is 20.8 Å². The van der Waals surface area contributed by atoms with Crippen molar-refractivity contribution in [3.8, 4) is 0 Å². The van der Waals surface area contributed by atoms with Crippen LogP contribution in [0, 0.1) is 0 Å². The van der Waals surface area contributed by atoms with Crippen LogP contribution in [0.25, 0.3) is 0 Å². The van der Waals surface area contributed by atoms with E-state index in [0.29, 0.717) is 25.7 Å². The van der Waals surface area contributed by atoms with Gasteiger partial charge in [0.25, 0.3) is 0 Å². The van der Waals surface area contributed by atoms with E-state index >= 15 is 0 Å². The maximum atomic E-state index is 9.75. The van der Waals surface area contributed by atoms with Crippen molar-refractivity contribution in [1.82, 2.24) is 4.90 Å². The number of unbranched alkanes of at least 4 members (excludes halogenated alkanes) is 1. The first-order valence-electron chi connectivity index (χ1n) is 6.22. The Labute approximate surface area is 99.2 Å². The fourth-order valence-electron chi connectivity index (χ4n) is 1.48. The summed E-state index contributed by atoms with van der Waals surface area (Å²) in [6.07, 6.45) is 1.68. The van der Waals surface area contributed by atoms with Crippen molar-refractivity contribution in [2.24, 2.45) is 0 Å². The molecule has 0 rings (SSSR count). The van der Waals surface area contributed by atoms with Crippen LogP contribution in [0.3, 0.4) is 0 Å². The van der Waals surface area contributed by atoms with E-state index in [1.165, 1.54) is 0 Å². The van der Waals surface area contributed by atoms with Gasteiger partial charge in [-0.15, -0.1) is 0 Å². The average molecular weight is 233 g/mol. The van der Waals surface area contributed by atoms with Gasteiger partial charge in [-0.25, -0.2) is 0 Å². The minimum absolute atomic E-state index is 0.127. The summed E-state index contributed by atoms with van der Waals surface area (Å²) in [6, 6.07) is 0.331. The molecule has 4 nitrogen and oxygen atoms in total. The first-order valence-corrected chi connectivity index (χ1v) is 6.22. The van der Waals surface area contributed by atoms with E-state index in [0.717, 1.165) is 19.4 Å². The highest BCUT2D eigenvalue weighted by Gasteiger charge is 2.14. The van der Waals surface area contributed by atoms with E-state index in [4.69, 9.17) is 9.84 Å². The normalized spacial score (nSPS) is 13.7. The van der Waals surface area contributed by atoms with Gasteiger partial charge < -0.3 is 14.9 Å². The van der Waals surface area contributed by atoms with Gasteiger partial charge >= 0.3 is 0 Å². The summed E-state index contributed by atoms with van der Waals surface area (Å²) in [5, 5.41) is 18.6. The molecule has 0 amide bonds. The van der Waals surface area contributed by atoms with Crippen LogP contribution in [0.15, 0.2) is 0 Å². The second-order valence-corrected chi connectivity index (χ2v) is 4.39. The first-order chi connectivity index (χ1) is 7.61. The van der Waals surface area contributed by atoms with Crippen molar-refractivity contribution < 1.29 is 14.9 Å². The Morgan fingerprint density at radius 1 is 1.31 bits per heavy atom. The average Bonchev–Trinajstić information content (AvgIpc) is 2.23. The molecule has 0 radical (unpaired) electrons. The number of rotatable bonds is 10. The van der Waals surface area contributed by atoms with E-state index in [1.54, 1.807) is 0 Å². The second-order valence-electron chi connectivity index (χ2n) is 4.39. The predicted octanol–water partition coefficient (Wildman–Crippen LogP) is 0.867. The van der Waals surface area contributed by atoms with Gasteiger partial charge in [0.15, 0.2) is 0 Å². The summed E-state index contributed by atoms with van der Waals surface area (Å²) in [5.41, 5.74) is 0. The Hall–Kier alpha value is -0.160. The molecule has 0 bridgehead atoms.